The van der Waals surface area contributed by atoms with Crippen LogP contribution in [0.2, 0.25) is 0 Å². The fourth-order valence-corrected chi connectivity index (χ4v) is 0.732. The molecular weight excluding hydrogens is 124 g/mol. The zero-order valence-electron chi connectivity index (χ0n) is 6.47. The lowest BCUT2D eigenvalue weighted by atomic mass is 10.1. The highest BCUT2D eigenvalue weighted by Crippen LogP contribution is 2.02. The van der Waals surface area contributed by atoms with Gasteiger partial charge in [-0.2, -0.15) is 0 Å². The van der Waals surface area contributed by atoms with E-state index in [-0.39, 0.29) is 0 Å². The van der Waals surface area contributed by atoms with E-state index in [4.69, 9.17) is 0 Å². The summed E-state index contributed by atoms with van der Waals surface area (Å²) in [7, 11) is 0. The fraction of sp³-hybridized carbons (Fsp3) is 0.444. The largest absolute Gasteiger partial charge is 0.298 e. The standard InChI is InChI=1S/C9H14O/c1-3-5-7-9(8-10)6-4-2/h3,7-8H,1,4-6H2,2H3/b9-7+. The highest BCUT2D eigenvalue weighted by molar-refractivity contribution is 5.72. The average molecular weight is 138 g/mol. The van der Waals surface area contributed by atoms with E-state index in [0.29, 0.717) is 0 Å². The van der Waals surface area contributed by atoms with Crippen molar-refractivity contribution in [3.8, 4) is 0 Å². The van der Waals surface area contributed by atoms with Crippen LogP contribution in [0.5, 0.6) is 0 Å². The van der Waals surface area contributed by atoms with Gasteiger partial charge >= 0.3 is 0 Å². The van der Waals surface area contributed by atoms with Crippen LogP contribution in [-0.4, -0.2) is 6.29 Å². The van der Waals surface area contributed by atoms with Crippen molar-refractivity contribution in [2.24, 2.45) is 0 Å². The van der Waals surface area contributed by atoms with Gasteiger partial charge in [0.25, 0.3) is 0 Å². The smallest absolute Gasteiger partial charge is 0.145 e. The first-order chi connectivity index (χ1) is 4.85. The van der Waals surface area contributed by atoms with Gasteiger partial charge in [0.1, 0.15) is 6.29 Å². The minimum absolute atomic E-state index is 0.800. The highest BCUT2D eigenvalue weighted by Gasteiger charge is 1.89. The van der Waals surface area contributed by atoms with Gasteiger partial charge in [-0.1, -0.05) is 25.5 Å². The second kappa shape index (κ2) is 6.27. The molecule has 10 heavy (non-hydrogen) atoms. The van der Waals surface area contributed by atoms with Crippen molar-refractivity contribution in [3.05, 3.63) is 24.3 Å². The lowest BCUT2D eigenvalue weighted by Crippen LogP contribution is -1.82. The number of aldehydes is 1. The average Bonchev–Trinajstić information content (AvgIpc) is 1.98. The second-order valence-electron chi connectivity index (χ2n) is 2.17. The predicted octanol–water partition coefficient (Wildman–Crippen LogP) is 2.49. The maximum atomic E-state index is 10.3. The first kappa shape index (κ1) is 9.15. The van der Waals surface area contributed by atoms with E-state index in [1.54, 1.807) is 6.08 Å². The Kier molecular flexibility index (Phi) is 5.74. The van der Waals surface area contributed by atoms with E-state index in [1.165, 1.54) is 0 Å². The lowest BCUT2D eigenvalue weighted by Gasteiger charge is -1.92. The number of rotatable bonds is 5. The summed E-state index contributed by atoms with van der Waals surface area (Å²) in [5.74, 6) is 0. The molecule has 0 N–H and O–H groups in total. The van der Waals surface area contributed by atoms with E-state index < -0.39 is 0 Å². The zero-order chi connectivity index (χ0) is 7.82. The predicted molar refractivity (Wildman–Crippen MR) is 43.9 cm³/mol. The van der Waals surface area contributed by atoms with Gasteiger partial charge in [0.05, 0.1) is 0 Å². The van der Waals surface area contributed by atoms with Crippen LogP contribution in [0, 0.1) is 0 Å². The monoisotopic (exact) mass is 138 g/mol. The number of hydrogen-bond acceptors (Lipinski definition) is 1. The normalized spacial score (nSPS) is 11.1. The van der Waals surface area contributed by atoms with Crippen LogP contribution in [0.4, 0.5) is 0 Å². The Morgan fingerprint density at radius 2 is 2.30 bits per heavy atom. The molecule has 0 radical (unpaired) electrons. The minimum Gasteiger partial charge on any atom is -0.298 e. The van der Waals surface area contributed by atoms with Crippen LogP contribution < -0.4 is 0 Å². The molecule has 0 aromatic rings. The summed E-state index contributed by atoms with van der Waals surface area (Å²) >= 11 is 0. The van der Waals surface area contributed by atoms with Crippen LogP contribution in [0.1, 0.15) is 26.2 Å². The Morgan fingerprint density at radius 3 is 2.70 bits per heavy atom. The molecule has 0 saturated carbocycles. The third-order valence-electron chi connectivity index (χ3n) is 1.24. The van der Waals surface area contributed by atoms with Crippen molar-refractivity contribution in [1.29, 1.82) is 0 Å². The first-order valence-electron chi connectivity index (χ1n) is 3.60. The Labute approximate surface area is 62.4 Å². The molecule has 0 bridgehead atoms. The highest BCUT2D eigenvalue weighted by atomic mass is 16.1. The number of carbonyl (C=O) groups excluding carboxylic acids is 1. The molecule has 0 unspecified atom stereocenters. The molecule has 0 atom stereocenters. The SMILES string of the molecule is C=CC/C=C(/C=O)CCC. The molecule has 0 aliphatic carbocycles. The van der Waals surface area contributed by atoms with Gasteiger partial charge in [-0.15, -0.1) is 6.58 Å². The molecule has 0 amide bonds. The van der Waals surface area contributed by atoms with Crippen molar-refractivity contribution in [1.82, 2.24) is 0 Å². The maximum Gasteiger partial charge on any atom is 0.145 e. The minimum atomic E-state index is 0.800. The summed E-state index contributed by atoms with van der Waals surface area (Å²) < 4.78 is 0. The van der Waals surface area contributed by atoms with Gasteiger partial charge in [-0.25, -0.2) is 0 Å². The van der Waals surface area contributed by atoms with Crippen LogP contribution in [0.15, 0.2) is 24.3 Å². The Hall–Kier alpha value is -0.850. The molecule has 0 fully saturated rings. The summed E-state index contributed by atoms with van der Waals surface area (Å²) in [6.45, 7) is 5.63. The van der Waals surface area contributed by atoms with Crippen molar-refractivity contribution in [2.75, 3.05) is 0 Å². The molecule has 0 saturated heterocycles. The third kappa shape index (κ3) is 4.07. The molecule has 0 aliphatic heterocycles. The molecule has 0 aliphatic rings. The van der Waals surface area contributed by atoms with Crippen molar-refractivity contribution in [2.45, 2.75) is 26.2 Å². The summed E-state index contributed by atoms with van der Waals surface area (Å²) in [4.78, 5) is 10.3. The summed E-state index contributed by atoms with van der Waals surface area (Å²) in [6.07, 6.45) is 7.35. The molecular formula is C9H14O. The molecule has 1 heteroatoms. The Bertz CT molecular complexity index is 134. The van der Waals surface area contributed by atoms with Crippen LogP contribution in [0.25, 0.3) is 0 Å². The maximum absolute atomic E-state index is 10.3. The van der Waals surface area contributed by atoms with Gasteiger partial charge in [0.2, 0.25) is 0 Å². The Balaban J connectivity index is 3.77. The summed E-state index contributed by atoms with van der Waals surface area (Å²) in [5.41, 5.74) is 0.891. The number of allylic oxidation sites excluding steroid dienone is 3. The molecule has 0 spiro atoms. The quantitative estimate of drug-likeness (QED) is 0.324. The molecule has 0 heterocycles. The van der Waals surface area contributed by atoms with Crippen LogP contribution in [0.3, 0.4) is 0 Å². The van der Waals surface area contributed by atoms with Gasteiger partial charge < -0.3 is 0 Å². The lowest BCUT2D eigenvalue weighted by molar-refractivity contribution is -0.105. The Morgan fingerprint density at radius 1 is 1.60 bits per heavy atom. The fourth-order valence-electron chi connectivity index (χ4n) is 0.732. The van der Waals surface area contributed by atoms with Crippen molar-refractivity contribution < 1.29 is 4.79 Å². The van der Waals surface area contributed by atoms with Crippen molar-refractivity contribution in [3.63, 3.8) is 0 Å². The van der Waals surface area contributed by atoms with Gasteiger partial charge in [-0.05, 0) is 18.4 Å². The zero-order valence-corrected chi connectivity index (χ0v) is 6.47. The summed E-state index contributed by atoms with van der Waals surface area (Å²) in [5, 5.41) is 0. The number of carbonyl (C=O) groups is 1. The van der Waals surface area contributed by atoms with Crippen LogP contribution >= 0.6 is 0 Å². The molecule has 0 aromatic heterocycles. The summed E-state index contributed by atoms with van der Waals surface area (Å²) in [6, 6.07) is 0. The third-order valence-corrected chi connectivity index (χ3v) is 1.24. The molecule has 1 nitrogen and oxygen atoms in total. The van der Waals surface area contributed by atoms with Crippen molar-refractivity contribution >= 4 is 6.29 Å². The van der Waals surface area contributed by atoms with E-state index in [0.717, 1.165) is 31.1 Å². The van der Waals surface area contributed by atoms with Crippen LogP contribution in [-0.2, 0) is 4.79 Å². The van der Waals surface area contributed by atoms with E-state index in [2.05, 4.69) is 13.5 Å². The topological polar surface area (TPSA) is 17.1 Å². The van der Waals surface area contributed by atoms with E-state index in [9.17, 15) is 4.79 Å². The molecule has 0 aromatic carbocycles. The van der Waals surface area contributed by atoms with E-state index in [1.807, 2.05) is 6.08 Å². The molecule has 56 valence electrons. The molecule has 0 rings (SSSR count). The van der Waals surface area contributed by atoms with Gasteiger partial charge in [-0.3, -0.25) is 4.79 Å². The first-order valence-corrected chi connectivity index (χ1v) is 3.60. The number of hydrogen-bond donors (Lipinski definition) is 0. The van der Waals surface area contributed by atoms with E-state index >= 15 is 0 Å². The van der Waals surface area contributed by atoms with Gasteiger partial charge in [0.15, 0.2) is 0 Å². The second-order valence-corrected chi connectivity index (χ2v) is 2.17. The van der Waals surface area contributed by atoms with Gasteiger partial charge in [0, 0.05) is 0 Å².